The lowest BCUT2D eigenvalue weighted by Crippen LogP contribution is -2.35. The van der Waals surface area contributed by atoms with Gasteiger partial charge in [-0.2, -0.15) is 5.26 Å². The molecule has 5 nitrogen and oxygen atoms in total. The Morgan fingerprint density at radius 2 is 2.10 bits per heavy atom. The van der Waals surface area contributed by atoms with E-state index in [1.54, 1.807) is 0 Å². The first-order valence-electron chi connectivity index (χ1n) is 7.15. The third-order valence-electron chi connectivity index (χ3n) is 4.19. The van der Waals surface area contributed by atoms with Crippen molar-refractivity contribution in [3.63, 3.8) is 0 Å². The first kappa shape index (κ1) is 15.6. The van der Waals surface area contributed by atoms with E-state index in [1.165, 1.54) is 18.4 Å². The quantitative estimate of drug-likeness (QED) is 0.869. The fourth-order valence-electron chi connectivity index (χ4n) is 2.81. The number of nitriles is 1. The number of thiophene rings is 1. The van der Waals surface area contributed by atoms with Crippen LogP contribution in [0.5, 0.6) is 0 Å². The number of nitrogen functional groups attached to an aromatic ring is 1. The van der Waals surface area contributed by atoms with Gasteiger partial charge in [0.25, 0.3) is 0 Å². The van der Waals surface area contributed by atoms with E-state index in [9.17, 15) is 4.79 Å². The number of methoxy groups -OCH3 is 1. The van der Waals surface area contributed by atoms with E-state index in [-0.39, 0.29) is 5.69 Å². The van der Waals surface area contributed by atoms with Crippen molar-refractivity contribution < 1.29 is 9.53 Å². The molecule has 1 fully saturated rings. The summed E-state index contributed by atoms with van der Waals surface area (Å²) in [7, 11) is 1.33. The van der Waals surface area contributed by atoms with Gasteiger partial charge in [-0.05, 0) is 24.7 Å². The molecule has 6 heteroatoms. The van der Waals surface area contributed by atoms with Gasteiger partial charge in [0.1, 0.15) is 21.5 Å². The number of hydrogen-bond donors (Lipinski definition) is 1. The number of nitrogens with zero attached hydrogens (tertiary/aromatic N) is 2. The predicted octanol–water partition coefficient (Wildman–Crippen LogP) is 2.86. The number of anilines is 2. The van der Waals surface area contributed by atoms with Gasteiger partial charge in [0.15, 0.2) is 0 Å². The Hall–Kier alpha value is -1.74. The predicted molar refractivity (Wildman–Crippen MR) is 84.6 cm³/mol. The highest BCUT2D eigenvalue weighted by Gasteiger charge is 2.29. The fraction of sp³-hybridized carbons (Fsp3) is 0.600. The summed E-state index contributed by atoms with van der Waals surface area (Å²) in [5, 5.41) is 9.91. The third-order valence-corrected chi connectivity index (χ3v) is 5.36. The molecular formula is C15H21N3O2S. The molecule has 0 atom stereocenters. The van der Waals surface area contributed by atoms with Gasteiger partial charge >= 0.3 is 5.97 Å². The zero-order chi connectivity index (χ0) is 15.6. The molecule has 2 N–H and O–H groups in total. The van der Waals surface area contributed by atoms with E-state index in [4.69, 9.17) is 15.7 Å². The first-order chi connectivity index (χ1) is 9.99. The average molecular weight is 307 g/mol. The number of hydrogen-bond acceptors (Lipinski definition) is 6. The molecule has 1 saturated heterocycles. The summed E-state index contributed by atoms with van der Waals surface area (Å²) in [6.07, 6.45) is 2.19. The van der Waals surface area contributed by atoms with Gasteiger partial charge in [-0.15, -0.1) is 11.3 Å². The summed E-state index contributed by atoms with van der Waals surface area (Å²) in [5.41, 5.74) is 6.53. The van der Waals surface area contributed by atoms with Crippen LogP contribution in [0, 0.1) is 23.2 Å². The van der Waals surface area contributed by atoms with Crippen LogP contribution < -0.4 is 10.6 Å². The van der Waals surface area contributed by atoms with Crippen LogP contribution in [-0.4, -0.2) is 26.2 Å². The molecule has 1 aliphatic rings. The van der Waals surface area contributed by atoms with Crippen molar-refractivity contribution in [1.29, 1.82) is 5.26 Å². The van der Waals surface area contributed by atoms with Crippen LogP contribution in [-0.2, 0) is 4.74 Å². The summed E-state index contributed by atoms with van der Waals surface area (Å²) in [4.78, 5) is 14.5. The van der Waals surface area contributed by atoms with Crippen LogP contribution in [0.3, 0.4) is 0 Å². The third kappa shape index (κ3) is 2.98. The van der Waals surface area contributed by atoms with Crippen molar-refractivity contribution in [2.24, 2.45) is 11.8 Å². The Kier molecular flexibility index (Phi) is 4.73. The highest BCUT2D eigenvalue weighted by atomic mass is 32.1. The Bertz CT molecular complexity index is 566. The van der Waals surface area contributed by atoms with Crippen LogP contribution in [0.4, 0.5) is 10.7 Å². The van der Waals surface area contributed by atoms with E-state index < -0.39 is 5.97 Å². The zero-order valence-electron chi connectivity index (χ0n) is 12.7. The van der Waals surface area contributed by atoms with E-state index in [0.717, 1.165) is 36.9 Å². The topological polar surface area (TPSA) is 79.3 Å². The molecule has 0 unspecified atom stereocenters. The molecule has 0 spiro atoms. The van der Waals surface area contributed by atoms with Crippen molar-refractivity contribution in [2.45, 2.75) is 26.7 Å². The number of nitrogens with two attached hydrogens (primary N) is 1. The molecule has 1 aromatic heterocycles. The number of carbonyl (C=O) groups is 1. The molecular weight excluding hydrogens is 286 g/mol. The molecule has 0 amide bonds. The number of rotatable bonds is 3. The maximum Gasteiger partial charge on any atom is 0.343 e. The van der Waals surface area contributed by atoms with Crippen molar-refractivity contribution in [3.05, 3.63) is 10.4 Å². The largest absolute Gasteiger partial charge is 0.465 e. The molecule has 2 heterocycles. The Morgan fingerprint density at radius 1 is 1.48 bits per heavy atom. The number of esters is 1. The Morgan fingerprint density at radius 3 is 2.57 bits per heavy atom. The standard InChI is InChI=1S/C15H21N3O2S/c1-9(2)10-4-6-18(7-5-10)14-12(15(19)20-3)13(17)11(8-16)21-14/h9-10H,4-7,17H2,1-3H3. The van der Waals surface area contributed by atoms with Crippen LogP contribution in [0.15, 0.2) is 0 Å². The average Bonchev–Trinajstić information content (AvgIpc) is 2.83. The normalized spacial score (nSPS) is 16.0. The Balaban J connectivity index is 2.28. The van der Waals surface area contributed by atoms with Gasteiger partial charge in [-0.3, -0.25) is 0 Å². The second-order valence-corrected chi connectivity index (χ2v) is 6.70. The van der Waals surface area contributed by atoms with Gasteiger partial charge in [-0.1, -0.05) is 13.8 Å². The second-order valence-electron chi connectivity index (χ2n) is 5.70. The molecule has 0 aromatic carbocycles. The summed E-state index contributed by atoms with van der Waals surface area (Å²) in [6, 6.07) is 2.06. The maximum absolute atomic E-state index is 12.0. The van der Waals surface area contributed by atoms with E-state index in [1.807, 2.05) is 0 Å². The van der Waals surface area contributed by atoms with E-state index in [0.29, 0.717) is 16.4 Å². The monoisotopic (exact) mass is 307 g/mol. The summed E-state index contributed by atoms with van der Waals surface area (Å²) >= 11 is 1.28. The number of piperidine rings is 1. The van der Waals surface area contributed by atoms with Gasteiger partial charge in [0, 0.05) is 13.1 Å². The van der Waals surface area contributed by atoms with Gasteiger partial charge in [0.2, 0.25) is 0 Å². The Labute approximate surface area is 129 Å². The molecule has 0 radical (unpaired) electrons. The van der Waals surface area contributed by atoms with Crippen LogP contribution >= 0.6 is 11.3 Å². The number of carbonyl (C=O) groups excluding carboxylic acids is 1. The molecule has 0 aliphatic carbocycles. The summed E-state index contributed by atoms with van der Waals surface area (Å²) in [6.45, 7) is 6.27. The molecule has 2 rings (SSSR count). The van der Waals surface area contributed by atoms with Crippen molar-refractivity contribution in [1.82, 2.24) is 0 Å². The van der Waals surface area contributed by atoms with Crippen molar-refractivity contribution in [3.8, 4) is 6.07 Å². The highest BCUT2D eigenvalue weighted by Crippen LogP contribution is 2.40. The van der Waals surface area contributed by atoms with Crippen molar-refractivity contribution >= 4 is 28.0 Å². The van der Waals surface area contributed by atoms with Gasteiger partial charge in [0.05, 0.1) is 12.8 Å². The fourth-order valence-corrected chi connectivity index (χ4v) is 3.86. The van der Waals surface area contributed by atoms with Gasteiger partial charge in [-0.25, -0.2) is 4.79 Å². The van der Waals surface area contributed by atoms with Crippen LogP contribution in [0.25, 0.3) is 0 Å². The van der Waals surface area contributed by atoms with Crippen molar-refractivity contribution in [2.75, 3.05) is 30.8 Å². The van der Waals surface area contributed by atoms with Crippen LogP contribution in [0.1, 0.15) is 41.9 Å². The SMILES string of the molecule is COC(=O)c1c(N2CCC(C(C)C)CC2)sc(C#N)c1N. The van der Waals surface area contributed by atoms with Gasteiger partial charge < -0.3 is 15.4 Å². The molecule has 1 aliphatic heterocycles. The molecule has 114 valence electrons. The summed E-state index contributed by atoms with van der Waals surface area (Å²) in [5.74, 6) is 0.928. The lowest BCUT2D eigenvalue weighted by Gasteiger charge is -2.34. The smallest absolute Gasteiger partial charge is 0.343 e. The summed E-state index contributed by atoms with van der Waals surface area (Å²) < 4.78 is 4.82. The number of ether oxygens (including phenoxy) is 1. The molecule has 21 heavy (non-hydrogen) atoms. The molecule has 0 saturated carbocycles. The first-order valence-corrected chi connectivity index (χ1v) is 7.96. The second kappa shape index (κ2) is 6.35. The van der Waals surface area contributed by atoms with E-state index in [2.05, 4.69) is 24.8 Å². The maximum atomic E-state index is 12.0. The van der Waals surface area contributed by atoms with E-state index >= 15 is 0 Å². The van der Waals surface area contributed by atoms with Crippen LogP contribution in [0.2, 0.25) is 0 Å². The minimum Gasteiger partial charge on any atom is -0.465 e. The minimum absolute atomic E-state index is 0.246. The lowest BCUT2D eigenvalue weighted by molar-refractivity contribution is 0.0603. The molecule has 1 aromatic rings. The minimum atomic E-state index is -0.466. The molecule has 0 bridgehead atoms. The lowest BCUT2D eigenvalue weighted by atomic mass is 9.87. The highest BCUT2D eigenvalue weighted by molar-refractivity contribution is 7.17. The zero-order valence-corrected chi connectivity index (χ0v) is 13.5.